The summed E-state index contributed by atoms with van der Waals surface area (Å²) >= 11 is 10.3. The molecule has 1 atom stereocenters. The van der Waals surface area contributed by atoms with E-state index in [0.29, 0.717) is 17.2 Å². The summed E-state index contributed by atoms with van der Waals surface area (Å²) in [4.78, 5) is 23.4. The number of carbonyl (C=O) groups excluding carboxylic acids is 1. The van der Waals surface area contributed by atoms with Crippen LogP contribution in [-0.4, -0.2) is 22.7 Å². The Morgan fingerprint density at radius 2 is 1.87 bits per heavy atom. The molecule has 2 rings (SSSR count). The van der Waals surface area contributed by atoms with Crippen molar-refractivity contribution >= 4 is 41.8 Å². The van der Waals surface area contributed by atoms with E-state index in [9.17, 15) is 9.59 Å². The van der Waals surface area contributed by atoms with Crippen LogP contribution in [0, 0.1) is 5.92 Å². The van der Waals surface area contributed by atoms with Gasteiger partial charge >= 0.3 is 5.97 Å². The molecule has 0 aliphatic heterocycles. The summed E-state index contributed by atoms with van der Waals surface area (Å²) in [5.74, 6) is -1.29. The van der Waals surface area contributed by atoms with Crippen molar-refractivity contribution in [1.82, 2.24) is 0 Å². The quantitative estimate of drug-likeness (QED) is 0.695. The Balaban J connectivity index is 2.13. The molecule has 2 N–H and O–H groups in total. The highest BCUT2D eigenvalue weighted by Gasteiger charge is 2.19. The Kier molecular flexibility index (Phi) is 6.07. The van der Waals surface area contributed by atoms with E-state index in [-0.39, 0.29) is 23.1 Å². The number of halogens is 1. The lowest BCUT2D eigenvalue weighted by Crippen LogP contribution is -2.26. The number of carboxylic acid groups (broad SMARTS) is 1. The Hall–Kier alpha value is -1.98. The van der Waals surface area contributed by atoms with Gasteiger partial charge in [-0.05, 0) is 30.2 Å². The third-order valence-corrected chi connectivity index (χ3v) is 4.16. The van der Waals surface area contributed by atoms with Gasteiger partial charge in [-0.25, -0.2) is 4.79 Å². The standard InChI is InChI=1S/C17H16ClNO3S/c18-14-7-6-12(17(21)22)9-15(14)19-16(20)13(10-23)8-11-4-2-1-3-5-11/h1-7,9,13,23H,8,10H2,(H,19,20)(H,21,22). The van der Waals surface area contributed by atoms with Gasteiger partial charge in [0, 0.05) is 5.75 Å². The van der Waals surface area contributed by atoms with Gasteiger partial charge in [0.15, 0.2) is 0 Å². The average molecular weight is 350 g/mol. The molecule has 0 spiro atoms. The fraction of sp³-hybridized carbons (Fsp3) is 0.176. The van der Waals surface area contributed by atoms with Gasteiger partial charge in [-0.15, -0.1) is 0 Å². The zero-order chi connectivity index (χ0) is 16.8. The van der Waals surface area contributed by atoms with Crippen LogP contribution < -0.4 is 5.32 Å². The van der Waals surface area contributed by atoms with Crippen LogP contribution >= 0.6 is 24.2 Å². The van der Waals surface area contributed by atoms with Crippen LogP contribution in [0.4, 0.5) is 5.69 Å². The van der Waals surface area contributed by atoms with Gasteiger partial charge in [-0.3, -0.25) is 4.79 Å². The molecule has 0 saturated carbocycles. The second-order valence-electron chi connectivity index (χ2n) is 5.06. The van der Waals surface area contributed by atoms with Crippen LogP contribution in [0.25, 0.3) is 0 Å². The van der Waals surface area contributed by atoms with E-state index in [2.05, 4.69) is 17.9 Å². The van der Waals surface area contributed by atoms with Crippen LogP contribution in [0.15, 0.2) is 48.5 Å². The molecule has 1 unspecified atom stereocenters. The van der Waals surface area contributed by atoms with Crippen molar-refractivity contribution in [3.05, 3.63) is 64.7 Å². The predicted molar refractivity (Wildman–Crippen MR) is 94.5 cm³/mol. The molecule has 2 aromatic carbocycles. The Morgan fingerprint density at radius 1 is 1.17 bits per heavy atom. The van der Waals surface area contributed by atoms with E-state index >= 15 is 0 Å². The highest BCUT2D eigenvalue weighted by molar-refractivity contribution is 7.80. The van der Waals surface area contributed by atoms with Crippen molar-refractivity contribution in [3.63, 3.8) is 0 Å². The van der Waals surface area contributed by atoms with Crippen LogP contribution in [0.2, 0.25) is 5.02 Å². The van der Waals surface area contributed by atoms with E-state index in [0.717, 1.165) is 5.56 Å². The average Bonchev–Trinajstić information content (AvgIpc) is 2.55. The number of rotatable bonds is 6. The van der Waals surface area contributed by atoms with E-state index in [1.807, 2.05) is 30.3 Å². The Bertz CT molecular complexity index is 706. The van der Waals surface area contributed by atoms with E-state index in [1.54, 1.807) is 0 Å². The summed E-state index contributed by atoms with van der Waals surface area (Å²) in [6.07, 6.45) is 0.548. The number of carbonyl (C=O) groups is 2. The first kappa shape index (κ1) is 17.4. The van der Waals surface area contributed by atoms with Crippen LogP contribution in [0.1, 0.15) is 15.9 Å². The number of amides is 1. The van der Waals surface area contributed by atoms with Crippen molar-refractivity contribution in [2.75, 3.05) is 11.1 Å². The van der Waals surface area contributed by atoms with E-state index < -0.39 is 5.97 Å². The van der Waals surface area contributed by atoms with Crippen molar-refractivity contribution in [1.29, 1.82) is 0 Å². The van der Waals surface area contributed by atoms with Gasteiger partial charge in [0.1, 0.15) is 0 Å². The second kappa shape index (κ2) is 8.04. The topological polar surface area (TPSA) is 66.4 Å². The lowest BCUT2D eigenvalue weighted by molar-refractivity contribution is -0.119. The van der Waals surface area contributed by atoms with Crippen molar-refractivity contribution < 1.29 is 14.7 Å². The first-order chi connectivity index (χ1) is 11.0. The third kappa shape index (κ3) is 4.74. The molecule has 6 heteroatoms. The first-order valence-corrected chi connectivity index (χ1v) is 8.00. The van der Waals surface area contributed by atoms with Gasteiger partial charge in [-0.2, -0.15) is 12.6 Å². The van der Waals surface area contributed by atoms with Crippen LogP contribution in [-0.2, 0) is 11.2 Å². The van der Waals surface area contributed by atoms with Crippen LogP contribution in [0.5, 0.6) is 0 Å². The number of nitrogens with one attached hydrogen (secondary N) is 1. The van der Waals surface area contributed by atoms with Gasteiger partial charge < -0.3 is 10.4 Å². The SMILES string of the molecule is O=C(O)c1ccc(Cl)c(NC(=O)C(CS)Cc2ccccc2)c1. The highest BCUT2D eigenvalue weighted by Crippen LogP contribution is 2.24. The molecule has 1 amide bonds. The molecule has 0 aliphatic rings. The third-order valence-electron chi connectivity index (χ3n) is 3.39. The van der Waals surface area contributed by atoms with E-state index in [4.69, 9.17) is 16.7 Å². The zero-order valence-electron chi connectivity index (χ0n) is 12.2. The smallest absolute Gasteiger partial charge is 0.335 e. The van der Waals surface area contributed by atoms with Gasteiger partial charge in [0.25, 0.3) is 0 Å². The molecule has 0 heterocycles. The minimum Gasteiger partial charge on any atom is -0.478 e. The molecule has 2 aromatic rings. The number of carboxylic acids is 1. The fourth-order valence-corrected chi connectivity index (χ4v) is 2.59. The molecule has 0 saturated heterocycles. The van der Waals surface area contributed by atoms with Gasteiger partial charge in [0.05, 0.1) is 22.2 Å². The second-order valence-corrected chi connectivity index (χ2v) is 5.83. The van der Waals surface area contributed by atoms with Crippen molar-refractivity contribution in [2.45, 2.75) is 6.42 Å². The Morgan fingerprint density at radius 3 is 2.48 bits per heavy atom. The molecule has 4 nitrogen and oxygen atoms in total. The molecule has 0 fully saturated rings. The summed E-state index contributed by atoms with van der Waals surface area (Å²) in [5.41, 5.74) is 1.39. The maximum atomic E-state index is 12.4. The zero-order valence-corrected chi connectivity index (χ0v) is 13.8. The minimum absolute atomic E-state index is 0.0650. The molecule has 120 valence electrons. The van der Waals surface area contributed by atoms with Crippen molar-refractivity contribution in [3.8, 4) is 0 Å². The molecule has 0 bridgehead atoms. The van der Waals surface area contributed by atoms with Crippen molar-refractivity contribution in [2.24, 2.45) is 5.92 Å². The normalized spacial score (nSPS) is 11.7. The monoisotopic (exact) mass is 349 g/mol. The highest BCUT2D eigenvalue weighted by atomic mass is 35.5. The number of benzene rings is 2. The predicted octanol–water partition coefficient (Wildman–Crippen LogP) is 3.77. The maximum absolute atomic E-state index is 12.4. The summed E-state index contributed by atoms with van der Waals surface area (Å²) in [6, 6.07) is 13.8. The van der Waals surface area contributed by atoms with Gasteiger partial charge in [0.2, 0.25) is 5.91 Å². The Labute approximate surface area is 144 Å². The minimum atomic E-state index is -1.08. The lowest BCUT2D eigenvalue weighted by Gasteiger charge is -2.16. The number of aromatic carboxylic acids is 1. The lowest BCUT2D eigenvalue weighted by atomic mass is 10.00. The first-order valence-electron chi connectivity index (χ1n) is 6.99. The van der Waals surface area contributed by atoms with Gasteiger partial charge in [-0.1, -0.05) is 41.9 Å². The molecule has 23 heavy (non-hydrogen) atoms. The van der Waals surface area contributed by atoms with E-state index in [1.165, 1.54) is 18.2 Å². The maximum Gasteiger partial charge on any atom is 0.335 e. The number of anilines is 1. The number of hydrogen-bond acceptors (Lipinski definition) is 3. The molecular weight excluding hydrogens is 334 g/mol. The summed E-state index contributed by atoms with van der Waals surface area (Å²) < 4.78 is 0. The molecular formula is C17H16ClNO3S. The number of thiol groups is 1. The summed E-state index contributed by atoms with van der Waals surface area (Å²) in [7, 11) is 0. The molecule has 0 aromatic heterocycles. The largest absolute Gasteiger partial charge is 0.478 e. The summed E-state index contributed by atoms with van der Waals surface area (Å²) in [6.45, 7) is 0. The number of hydrogen-bond donors (Lipinski definition) is 3. The van der Waals surface area contributed by atoms with Crippen LogP contribution in [0.3, 0.4) is 0 Å². The molecule has 0 radical (unpaired) electrons. The molecule has 0 aliphatic carbocycles. The fourth-order valence-electron chi connectivity index (χ4n) is 2.13. The summed E-state index contributed by atoms with van der Waals surface area (Å²) in [5, 5.41) is 12.0.